The largest absolute Gasteiger partial charge is 0.309 e. The molecule has 21 heavy (non-hydrogen) atoms. The van der Waals surface area contributed by atoms with Crippen LogP contribution >= 0.6 is 23.2 Å². The Balaban J connectivity index is 2.12. The van der Waals surface area contributed by atoms with Gasteiger partial charge in [0, 0.05) is 25.1 Å². The minimum atomic E-state index is 0.115. The third-order valence-corrected chi connectivity index (χ3v) is 3.93. The van der Waals surface area contributed by atoms with Gasteiger partial charge in [0.2, 0.25) is 0 Å². The SMILES string of the molecule is CCCNC(CCc1ccnn1C)c1ncc(Cl)cc1Cl. The van der Waals surface area contributed by atoms with Crippen molar-refractivity contribution in [2.45, 2.75) is 32.2 Å². The molecule has 0 saturated carbocycles. The van der Waals surface area contributed by atoms with E-state index < -0.39 is 0 Å². The van der Waals surface area contributed by atoms with Gasteiger partial charge in [0.05, 0.1) is 21.8 Å². The quantitative estimate of drug-likeness (QED) is 0.841. The number of rotatable bonds is 7. The van der Waals surface area contributed by atoms with Gasteiger partial charge >= 0.3 is 0 Å². The first-order valence-electron chi connectivity index (χ1n) is 7.13. The lowest BCUT2D eigenvalue weighted by atomic mass is 10.1. The molecule has 2 aromatic heterocycles. The maximum Gasteiger partial charge on any atom is 0.0760 e. The first kappa shape index (κ1) is 16.3. The fourth-order valence-electron chi connectivity index (χ4n) is 2.27. The lowest BCUT2D eigenvalue weighted by molar-refractivity contribution is 0.482. The molecule has 114 valence electrons. The highest BCUT2D eigenvalue weighted by Gasteiger charge is 2.16. The predicted octanol–water partition coefficient (Wildman–Crippen LogP) is 3.80. The minimum absolute atomic E-state index is 0.115. The first-order valence-corrected chi connectivity index (χ1v) is 7.88. The fourth-order valence-corrected chi connectivity index (χ4v) is 2.79. The zero-order chi connectivity index (χ0) is 15.2. The van der Waals surface area contributed by atoms with Gasteiger partial charge in [-0.1, -0.05) is 30.1 Å². The maximum atomic E-state index is 6.29. The van der Waals surface area contributed by atoms with E-state index in [1.54, 1.807) is 12.3 Å². The standard InChI is InChI=1S/C15H20Cl2N4/c1-3-7-18-14(5-4-12-6-8-20-21(12)2)15-13(17)9-11(16)10-19-15/h6,8-10,14,18H,3-5,7H2,1-2H3. The normalized spacial score (nSPS) is 12.6. The molecule has 0 aliphatic heterocycles. The van der Waals surface area contributed by atoms with Crippen LogP contribution in [-0.2, 0) is 13.5 Å². The number of pyridine rings is 1. The number of aryl methyl sites for hydroxylation is 2. The summed E-state index contributed by atoms with van der Waals surface area (Å²) in [6.07, 6.45) is 6.35. The number of hydrogen-bond donors (Lipinski definition) is 1. The number of halogens is 2. The summed E-state index contributed by atoms with van der Waals surface area (Å²) in [6, 6.07) is 3.90. The average molecular weight is 327 g/mol. The molecule has 0 aliphatic carbocycles. The van der Waals surface area contributed by atoms with Crippen molar-refractivity contribution in [1.29, 1.82) is 0 Å². The number of aromatic nitrogens is 3. The van der Waals surface area contributed by atoms with Crippen LogP contribution in [0.5, 0.6) is 0 Å². The van der Waals surface area contributed by atoms with E-state index in [0.717, 1.165) is 31.5 Å². The Bertz CT molecular complexity index is 583. The van der Waals surface area contributed by atoms with Gasteiger partial charge < -0.3 is 5.32 Å². The Hall–Kier alpha value is -1.10. The van der Waals surface area contributed by atoms with E-state index in [9.17, 15) is 0 Å². The molecule has 1 unspecified atom stereocenters. The zero-order valence-corrected chi connectivity index (χ0v) is 13.8. The second-order valence-corrected chi connectivity index (χ2v) is 5.86. The molecule has 0 saturated heterocycles. The topological polar surface area (TPSA) is 42.7 Å². The van der Waals surface area contributed by atoms with Crippen molar-refractivity contribution in [3.8, 4) is 0 Å². The van der Waals surface area contributed by atoms with Crippen molar-refractivity contribution < 1.29 is 0 Å². The highest BCUT2D eigenvalue weighted by molar-refractivity contribution is 6.34. The fraction of sp³-hybridized carbons (Fsp3) is 0.467. The summed E-state index contributed by atoms with van der Waals surface area (Å²) in [5, 5.41) is 8.88. The highest BCUT2D eigenvalue weighted by atomic mass is 35.5. The molecule has 2 heterocycles. The molecule has 2 aromatic rings. The van der Waals surface area contributed by atoms with E-state index in [4.69, 9.17) is 23.2 Å². The van der Waals surface area contributed by atoms with Gasteiger partial charge in [0.25, 0.3) is 0 Å². The molecule has 1 atom stereocenters. The molecule has 1 N–H and O–H groups in total. The molecule has 0 amide bonds. The van der Waals surface area contributed by atoms with Gasteiger partial charge in [-0.2, -0.15) is 5.10 Å². The molecule has 0 fully saturated rings. The summed E-state index contributed by atoms with van der Waals surface area (Å²) in [5.41, 5.74) is 2.06. The van der Waals surface area contributed by atoms with Crippen molar-refractivity contribution >= 4 is 23.2 Å². The molecule has 0 bridgehead atoms. The van der Waals surface area contributed by atoms with Crippen molar-refractivity contribution in [2.75, 3.05) is 6.54 Å². The summed E-state index contributed by atoms with van der Waals surface area (Å²) >= 11 is 12.2. The third kappa shape index (κ3) is 4.43. The summed E-state index contributed by atoms with van der Waals surface area (Å²) in [7, 11) is 1.96. The van der Waals surface area contributed by atoms with E-state index in [1.807, 2.05) is 24.0 Å². The van der Waals surface area contributed by atoms with Gasteiger partial charge in [0.1, 0.15) is 0 Å². The molecular formula is C15H20Cl2N4. The molecular weight excluding hydrogens is 307 g/mol. The monoisotopic (exact) mass is 326 g/mol. The lowest BCUT2D eigenvalue weighted by Gasteiger charge is -2.19. The summed E-state index contributed by atoms with van der Waals surface area (Å²) in [6.45, 7) is 3.07. The number of nitrogens with zero attached hydrogens (tertiary/aromatic N) is 3. The van der Waals surface area contributed by atoms with Crippen LogP contribution in [0.3, 0.4) is 0 Å². The van der Waals surface area contributed by atoms with E-state index >= 15 is 0 Å². The molecule has 0 aromatic carbocycles. The average Bonchev–Trinajstić information content (AvgIpc) is 2.85. The third-order valence-electron chi connectivity index (χ3n) is 3.42. The molecule has 6 heteroatoms. The van der Waals surface area contributed by atoms with Gasteiger partial charge in [-0.15, -0.1) is 0 Å². The molecule has 0 spiro atoms. The Kier molecular flexibility index (Phi) is 6.03. The summed E-state index contributed by atoms with van der Waals surface area (Å²) < 4.78 is 1.90. The Morgan fingerprint density at radius 1 is 1.38 bits per heavy atom. The van der Waals surface area contributed by atoms with Crippen LogP contribution in [0.2, 0.25) is 10.0 Å². The van der Waals surface area contributed by atoms with E-state index in [-0.39, 0.29) is 6.04 Å². The van der Waals surface area contributed by atoms with Crippen molar-refractivity contribution in [2.24, 2.45) is 7.05 Å². The van der Waals surface area contributed by atoms with Crippen LogP contribution in [0.1, 0.15) is 37.2 Å². The van der Waals surface area contributed by atoms with E-state index in [1.165, 1.54) is 5.69 Å². The van der Waals surface area contributed by atoms with Crippen LogP contribution in [0.15, 0.2) is 24.5 Å². The first-order chi connectivity index (χ1) is 10.1. The lowest BCUT2D eigenvalue weighted by Crippen LogP contribution is -2.24. The highest BCUT2D eigenvalue weighted by Crippen LogP contribution is 2.26. The van der Waals surface area contributed by atoms with Crippen LogP contribution in [-0.4, -0.2) is 21.3 Å². The van der Waals surface area contributed by atoms with Gasteiger partial charge in [-0.25, -0.2) is 0 Å². The summed E-state index contributed by atoms with van der Waals surface area (Å²) in [5.74, 6) is 0. The van der Waals surface area contributed by atoms with E-state index in [2.05, 4.69) is 22.3 Å². The van der Waals surface area contributed by atoms with Crippen molar-refractivity contribution in [3.63, 3.8) is 0 Å². The van der Waals surface area contributed by atoms with Gasteiger partial charge in [0.15, 0.2) is 0 Å². The maximum absolute atomic E-state index is 6.29. The second kappa shape index (κ2) is 7.78. The van der Waals surface area contributed by atoms with Crippen molar-refractivity contribution in [3.05, 3.63) is 46.0 Å². The Morgan fingerprint density at radius 2 is 2.19 bits per heavy atom. The molecule has 2 rings (SSSR count). The smallest absolute Gasteiger partial charge is 0.0760 e. The van der Waals surface area contributed by atoms with E-state index in [0.29, 0.717) is 10.0 Å². The zero-order valence-electron chi connectivity index (χ0n) is 12.3. The van der Waals surface area contributed by atoms with Gasteiger partial charge in [-0.3, -0.25) is 9.67 Å². The van der Waals surface area contributed by atoms with Crippen molar-refractivity contribution in [1.82, 2.24) is 20.1 Å². The second-order valence-electron chi connectivity index (χ2n) is 5.01. The van der Waals surface area contributed by atoms with Crippen LogP contribution in [0, 0.1) is 0 Å². The summed E-state index contributed by atoms with van der Waals surface area (Å²) in [4.78, 5) is 4.40. The van der Waals surface area contributed by atoms with Gasteiger partial charge in [-0.05, 0) is 37.9 Å². The predicted molar refractivity (Wildman–Crippen MR) is 86.8 cm³/mol. The Morgan fingerprint density at radius 3 is 2.81 bits per heavy atom. The Labute approximate surface area is 135 Å². The van der Waals surface area contributed by atoms with Crippen LogP contribution < -0.4 is 5.32 Å². The van der Waals surface area contributed by atoms with Crippen LogP contribution in [0.4, 0.5) is 0 Å². The molecule has 4 nitrogen and oxygen atoms in total. The molecule has 0 aliphatic rings. The molecule has 0 radical (unpaired) electrons. The van der Waals surface area contributed by atoms with Crippen LogP contribution in [0.25, 0.3) is 0 Å². The number of hydrogen-bond acceptors (Lipinski definition) is 3. The minimum Gasteiger partial charge on any atom is -0.309 e. The number of nitrogens with one attached hydrogen (secondary N) is 1.